The van der Waals surface area contributed by atoms with Gasteiger partial charge in [-0.25, -0.2) is 9.59 Å². The number of hydrogen-bond acceptors (Lipinski definition) is 4. The zero-order valence-electron chi connectivity index (χ0n) is 12.9. The topological polar surface area (TPSA) is 58.6 Å². The van der Waals surface area contributed by atoms with E-state index in [9.17, 15) is 9.59 Å². The first-order chi connectivity index (χ1) is 9.81. The van der Waals surface area contributed by atoms with Crippen LogP contribution in [0.25, 0.3) is 0 Å². The molecule has 1 aliphatic heterocycles. The predicted molar refractivity (Wildman–Crippen MR) is 82.0 cm³/mol. The number of aryl methyl sites for hydroxylation is 1. The maximum Gasteiger partial charge on any atom is 0.338 e. The molecule has 114 valence electrons. The van der Waals surface area contributed by atoms with E-state index in [1.807, 2.05) is 32.9 Å². The van der Waals surface area contributed by atoms with Crippen LogP contribution in [0.2, 0.25) is 0 Å². The Morgan fingerprint density at radius 2 is 2.05 bits per heavy atom. The molecular formula is C15H20N2O3S. The highest BCUT2D eigenvalue weighted by atomic mass is 32.1. The molecule has 1 aromatic rings. The molecule has 5 nitrogen and oxygen atoms in total. The Kier molecular flexibility index (Phi) is 4.37. The molecule has 1 aromatic heterocycles. The lowest BCUT2D eigenvalue weighted by Crippen LogP contribution is -2.46. The average molecular weight is 308 g/mol. The molecule has 2 amide bonds. The predicted octanol–water partition coefficient (Wildman–Crippen LogP) is 2.98. The zero-order valence-corrected chi connectivity index (χ0v) is 13.7. The molecule has 0 fully saturated rings. The number of ether oxygens (including phenoxy) is 1. The number of nitrogens with one attached hydrogen (secondary N) is 1. The summed E-state index contributed by atoms with van der Waals surface area (Å²) in [6.45, 7) is 7.38. The lowest BCUT2D eigenvalue weighted by Gasteiger charge is -2.32. The molecule has 21 heavy (non-hydrogen) atoms. The highest BCUT2D eigenvalue weighted by Crippen LogP contribution is 2.34. The first-order valence-electron chi connectivity index (χ1n) is 6.83. The van der Waals surface area contributed by atoms with Crippen molar-refractivity contribution in [1.82, 2.24) is 10.2 Å². The van der Waals surface area contributed by atoms with Crippen molar-refractivity contribution in [1.29, 1.82) is 0 Å². The first kappa shape index (κ1) is 15.6. The van der Waals surface area contributed by atoms with Crippen molar-refractivity contribution in [2.24, 2.45) is 0 Å². The van der Waals surface area contributed by atoms with E-state index in [0.717, 1.165) is 9.75 Å². The Morgan fingerprint density at radius 1 is 1.38 bits per heavy atom. The van der Waals surface area contributed by atoms with Crippen LogP contribution >= 0.6 is 11.3 Å². The second-order valence-corrected chi connectivity index (χ2v) is 6.66. The van der Waals surface area contributed by atoms with E-state index in [0.29, 0.717) is 11.3 Å². The standard InChI is InChI=1S/C15H20N2O3S/c1-8(2)20-14(18)12-10(4)17(5)15(19)16-13(12)11-7-6-9(3)21-11/h6-8,13H,1-5H3,(H,16,19). The van der Waals surface area contributed by atoms with E-state index < -0.39 is 6.04 Å². The molecule has 0 bridgehead atoms. The molecule has 1 unspecified atom stereocenters. The molecule has 0 radical (unpaired) electrons. The van der Waals surface area contributed by atoms with Gasteiger partial charge in [-0.2, -0.15) is 0 Å². The summed E-state index contributed by atoms with van der Waals surface area (Å²) in [5.41, 5.74) is 1.12. The maximum atomic E-state index is 12.4. The van der Waals surface area contributed by atoms with Crippen molar-refractivity contribution < 1.29 is 14.3 Å². The van der Waals surface area contributed by atoms with Crippen LogP contribution in [0.15, 0.2) is 23.4 Å². The fourth-order valence-corrected chi connectivity index (χ4v) is 3.14. The first-order valence-corrected chi connectivity index (χ1v) is 7.65. The summed E-state index contributed by atoms with van der Waals surface area (Å²) >= 11 is 1.56. The quantitative estimate of drug-likeness (QED) is 0.873. The molecule has 2 rings (SSSR count). The summed E-state index contributed by atoms with van der Waals surface area (Å²) in [4.78, 5) is 27.9. The summed E-state index contributed by atoms with van der Waals surface area (Å²) in [6.07, 6.45) is -0.202. The van der Waals surface area contributed by atoms with Crippen molar-refractivity contribution >= 4 is 23.3 Å². The maximum absolute atomic E-state index is 12.4. The molecule has 1 atom stereocenters. The number of nitrogens with zero attached hydrogens (tertiary/aromatic N) is 1. The van der Waals surface area contributed by atoms with Crippen LogP contribution in [0.4, 0.5) is 4.79 Å². The number of allylic oxidation sites excluding steroid dienone is 1. The van der Waals surface area contributed by atoms with Crippen molar-refractivity contribution in [2.45, 2.75) is 39.8 Å². The van der Waals surface area contributed by atoms with Crippen molar-refractivity contribution in [3.63, 3.8) is 0 Å². The summed E-state index contributed by atoms with van der Waals surface area (Å²) in [5, 5.41) is 2.87. The molecule has 0 saturated carbocycles. The highest BCUT2D eigenvalue weighted by Gasteiger charge is 2.35. The van der Waals surface area contributed by atoms with E-state index >= 15 is 0 Å². The van der Waals surface area contributed by atoms with Gasteiger partial charge >= 0.3 is 12.0 Å². The summed E-state index contributed by atoms with van der Waals surface area (Å²) < 4.78 is 5.33. The van der Waals surface area contributed by atoms with E-state index in [1.165, 1.54) is 4.90 Å². The number of rotatable bonds is 3. The summed E-state index contributed by atoms with van der Waals surface area (Å²) in [7, 11) is 1.64. The number of thiophene rings is 1. The van der Waals surface area contributed by atoms with E-state index in [1.54, 1.807) is 25.3 Å². The van der Waals surface area contributed by atoms with Gasteiger partial charge in [0.05, 0.1) is 17.7 Å². The van der Waals surface area contributed by atoms with Gasteiger partial charge in [0.25, 0.3) is 0 Å². The molecule has 6 heteroatoms. The van der Waals surface area contributed by atoms with Crippen LogP contribution in [0.1, 0.15) is 36.6 Å². The minimum Gasteiger partial charge on any atom is -0.459 e. The van der Waals surface area contributed by atoms with Crippen LogP contribution in [0.3, 0.4) is 0 Å². The summed E-state index contributed by atoms with van der Waals surface area (Å²) in [6, 6.07) is 3.25. The minimum atomic E-state index is -0.446. The lowest BCUT2D eigenvalue weighted by molar-refractivity contribution is -0.143. The molecule has 0 aliphatic carbocycles. The van der Waals surface area contributed by atoms with Gasteiger partial charge in [-0.05, 0) is 39.8 Å². The molecule has 0 spiro atoms. The fourth-order valence-electron chi connectivity index (χ4n) is 2.20. The molecule has 0 aromatic carbocycles. The molecule has 0 saturated heterocycles. The highest BCUT2D eigenvalue weighted by molar-refractivity contribution is 7.12. The number of amides is 2. The second kappa shape index (κ2) is 5.89. The van der Waals surface area contributed by atoms with Gasteiger partial charge in [-0.15, -0.1) is 11.3 Å². The van der Waals surface area contributed by atoms with Gasteiger partial charge in [-0.1, -0.05) is 0 Å². The lowest BCUT2D eigenvalue weighted by atomic mass is 10.0. The Bertz CT molecular complexity index is 604. The SMILES string of the molecule is CC1=C(C(=O)OC(C)C)C(c2ccc(C)s2)NC(=O)N1C. The third-order valence-corrected chi connectivity index (χ3v) is 4.43. The smallest absolute Gasteiger partial charge is 0.338 e. The second-order valence-electron chi connectivity index (χ2n) is 5.34. The number of esters is 1. The van der Waals surface area contributed by atoms with Gasteiger partial charge in [0.15, 0.2) is 0 Å². The largest absolute Gasteiger partial charge is 0.459 e. The molecular weight excluding hydrogens is 288 g/mol. The fraction of sp³-hybridized carbons (Fsp3) is 0.467. The van der Waals surface area contributed by atoms with Gasteiger partial charge in [-0.3, -0.25) is 0 Å². The van der Waals surface area contributed by atoms with Crippen molar-refractivity contribution in [3.05, 3.63) is 33.2 Å². The van der Waals surface area contributed by atoms with Crippen LogP contribution in [-0.4, -0.2) is 30.1 Å². The van der Waals surface area contributed by atoms with E-state index in [2.05, 4.69) is 5.32 Å². The molecule has 1 N–H and O–H groups in total. The zero-order chi connectivity index (χ0) is 15.7. The Labute approximate surface area is 128 Å². The Morgan fingerprint density at radius 3 is 2.57 bits per heavy atom. The van der Waals surface area contributed by atoms with E-state index in [4.69, 9.17) is 4.74 Å². The van der Waals surface area contributed by atoms with Crippen molar-refractivity contribution in [2.75, 3.05) is 7.05 Å². The van der Waals surface area contributed by atoms with Gasteiger partial charge < -0.3 is 15.0 Å². The Hall–Kier alpha value is -1.82. The average Bonchev–Trinajstić information content (AvgIpc) is 2.81. The van der Waals surface area contributed by atoms with E-state index in [-0.39, 0.29) is 18.1 Å². The van der Waals surface area contributed by atoms with Crippen LogP contribution in [0.5, 0.6) is 0 Å². The van der Waals surface area contributed by atoms with Gasteiger partial charge in [0.2, 0.25) is 0 Å². The number of carbonyl (C=O) groups is 2. The van der Waals surface area contributed by atoms with Crippen LogP contribution in [-0.2, 0) is 9.53 Å². The third-order valence-electron chi connectivity index (χ3n) is 3.36. The monoisotopic (exact) mass is 308 g/mol. The molecule has 1 aliphatic rings. The Balaban J connectivity index is 2.46. The number of carbonyl (C=O) groups excluding carboxylic acids is 2. The van der Waals surface area contributed by atoms with Gasteiger partial charge in [0, 0.05) is 22.5 Å². The van der Waals surface area contributed by atoms with Crippen LogP contribution in [0, 0.1) is 6.92 Å². The normalized spacial score (nSPS) is 19.0. The van der Waals surface area contributed by atoms with Crippen LogP contribution < -0.4 is 5.32 Å². The third kappa shape index (κ3) is 3.10. The van der Waals surface area contributed by atoms with Crippen molar-refractivity contribution in [3.8, 4) is 0 Å². The van der Waals surface area contributed by atoms with Gasteiger partial charge in [0.1, 0.15) is 0 Å². The molecule has 2 heterocycles. The number of hydrogen-bond donors (Lipinski definition) is 1. The minimum absolute atomic E-state index is 0.202. The summed E-state index contributed by atoms with van der Waals surface area (Å²) in [5.74, 6) is -0.384. The number of urea groups is 1.